The van der Waals surface area contributed by atoms with Crippen LogP contribution in [-0.2, 0) is 0 Å². The van der Waals surface area contributed by atoms with Gasteiger partial charge in [0.15, 0.2) is 0 Å². The topological polar surface area (TPSA) is 12.0 Å². The van der Waals surface area contributed by atoms with E-state index in [0.29, 0.717) is 11.5 Å². The zero-order valence-corrected chi connectivity index (χ0v) is 10.8. The minimum Gasteiger partial charge on any atom is -0.314 e. The second-order valence-corrected chi connectivity index (χ2v) is 4.95. The van der Waals surface area contributed by atoms with Gasteiger partial charge in [-0.15, -0.1) is 0 Å². The molecule has 0 amide bonds. The highest BCUT2D eigenvalue weighted by Crippen LogP contribution is 2.28. The van der Waals surface area contributed by atoms with Crippen molar-refractivity contribution in [3.63, 3.8) is 0 Å². The molecule has 0 aliphatic heterocycles. The SMILES string of the molecule is CCCCCC(NCC)C(C)(C)CC. The lowest BCUT2D eigenvalue weighted by atomic mass is 9.79. The lowest BCUT2D eigenvalue weighted by molar-refractivity contribution is 0.218. The molecule has 0 aliphatic carbocycles. The Morgan fingerprint density at radius 1 is 1.07 bits per heavy atom. The average Bonchev–Trinajstić information content (AvgIpc) is 2.17. The Bertz CT molecular complexity index is 129. The molecule has 0 rings (SSSR count). The largest absolute Gasteiger partial charge is 0.314 e. The number of hydrogen-bond donors (Lipinski definition) is 1. The predicted molar refractivity (Wildman–Crippen MR) is 65.7 cm³/mol. The van der Waals surface area contributed by atoms with Crippen LogP contribution in [0.1, 0.15) is 66.7 Å². The van der Waals surface area contributed by atoms with Crippen LogP contribution in [-0.4, -0.2) is 12.6 Å². The summed E-state index contributed by atoms with van der Waals surface area (Å²) in [7, 11) is 0. The number of unbranched alkanes of at least 4 members (excludes halogenated alkanes) is 2. The van der Waals surface area contributed by atoms with Gasteiger partial charge in [-0.2, -0.15) is 0 Å². The van der Waals surface area contributed by atoms with Gasteiger partial charge in [0.1, 0.15) is 0 Å². The van der Waals surface area contributed by atoms with Crippen LogP contribution in [0.2, 0.25) is 0 Å². The van der Waals surface area contributed by atoms with Gasteiger partial charge >= 0.3 is 0 Å². The van der Waals surface area contributed by atoms with Crippen LogP contribution in [0.3, 0.4) is 0 Å². The third-order valence-electron chi connectivity index (χ3n) is 3.40. The molecule has 0 radical (unpaired) electrons. The van der Waals surface area contributed by atoms with Gasteiger partial charge in [-0.25, -0.2) is 0 Å². The normalized spacial score (nSPS) is 14.4. The van der Waals surface area contributed by atoms with Gasteiger partial charge in [-0.3, -0.25) is 0 Å². The molecule has 0 aliphatic rings. The first kappa shape index (κ1) is 14.0. The molecule has 0 aromatic heterocycles. The van der Waals surface area contributed by atoms with Crippen molar-refractivity contribution in [3.05, 3.63) is 0 Å². The first-order valence-electron chi connectivity index (χ1n) is 6.31. The Balaban J connectivity index is 4.00. The van der Waals surface area contributed by atoms with Crippen molar-refractivity contribution in [1.82, 2.24) is 5.32 Å². The van der Waals surface area contributed by atoms with Gasteiger partial charge in [0.2, 0.25) is 0 Å². The van der Waals surface area contributed by atoms with Gasteiger partial charge in [-0.1, -0.05) is 53.9 Å². The summed E-state index contributed by atoms with van der Waals surface area (Å²) in [5, 5.41) is 3.63. The van der Waals surface area contributed by atoms with E-state index >= 15 is 0 Å². The van der Waals surface area contributed by atoms with E-state index in [1.165, 1.54) is 32.1 Å². The lowest BCUT2D eigenvalue weighted by Gasteiger charge is -2.34. The molecule has 1 N–H and O–H groups in total. The van der Waals surface area contributed by atoms with E-state index in [9.17, 15) is 0 Å². The molecular weight excluding hydrogens is 170 g/mol. The Kier molecular flexibility index (Phi) is 7.26. The first-order valence-corrected chi connectivity index (χ1v) is 6.31. The van der Waals surface area contributed by atoms with E-state index in [1.807, 2.05) is 0 Å². The maximum Gasteiger partial charge on any atom is 0.0118 e. The molecule has 1 unspecified atom stereocenters. The fourth-order valence-corrected chi connectivity index (χ4v) is 1.86. The van der Waals surface area contributed by atoms with Crippen LogP contribution < -0.4 is 5.32 Å². The Morgan fingerprint density at radius 3 is 2.14 bits per heavy atom. The average molecular weight is 199 g/mol. The maximum absolute atomic E-state index is 3.63. The number of rotatable bonds is 8. The maximum atomic E-state index is 3.63. The molecule has 0 heterocycles. The quantitative estimate of drug-likeness (QED) is 0.583. The van der Waals surface area contributed by atoms with Crippen molar-refractivity contribution < 1.29 is 0 Å². The summed E-state index contributed by atoms with van der Waals surface area (Å²) in [5.41, 5.74) is 0.448. The molecule has 0 fully saturated rings. The summed E-state index contributed by atoms with van der Waals surface area (Å²) < 4.78 is 0. The van der Waals surface area contributed by atoms with Gasteiger partial charge in [0.25, 0.3) is 0 Å². The molecule has 1 heteroatoms. The van der Waals surface area contributed by atoms with Gasteiger partial charge < -0.3 is 5.32 Å². The summed E-state index contributed by atoms with van der Waals surface area (Å²) in [6, 6.07) is 0.698. The summed E-state index contributed by atoms with van der Waals surface area (Å²) in [6.45, 7) is 12.6. The number of nitrogens with one attached hydrogen (secondary N) is 1. The van der Waals surface area contributed by atoms with Gasteiger partial charge in [-0.05, 0) is 24.8 Å². The second-order valence-electron chi connectivity index (χ2n) is 4.95. The molecule has 1 nitrogen and oxygen atoms in total. The molecule has 1 atom stereocenters. The van der Waals surface area contributed by atoms with Crippen molar-refractivity contribution in [3.8, 4) is 0 Å². The van der Waals surface area contributed by atoms with Crippen molar-refractivity contribution >= 4 is 0 Å². The second kappa shape index (κ2) is 7.28. The molecule has 0 bridgehead atoms. The molecule has 0 aromatic rings. The van der Waals surface area contributed by atoms with Crippen LogP contribution in [0, 0.1) is 5.41 Å². The highest BCUT2D eigenvalue weighted by atomic mass is 14.9. The monoisotopic (exact) mass is 199 g/mol. The first-order chi connectivity index (χ1) is 6.58. The molecule has 86 valence electrons. The van der Waals surface area contributed by atoms with E-state index in [0.717, 1.165) is 6.54 Å². The van der Waals surface area contributed by atoms with Crippen LogP contribution in [0.4, 0.5) is 0 Å². The van der Waals surface area contributed by atoms with Crippen LogP contribution >= 0.6 is 0 Å². The van der Waals surface area contributed by atoms with Gasteiger partial charge in [0, 0.05) is 6.04 Å². The zero-order valence-electron chi connectivity index (χ0n) is 10.8. The lowest BCUT2D eigenvalue weighted by Crippen LogP contribution is -2.41. The summed E-state index contributed by atoms with van der Waals surface area (Å²) >= 11 is 0. The van der Waals surface area contributed by atoms with Crippen LogP contribution in [0.5, 0.6) is 0 Å². The molecule has 0 saturated carbocycles. The third kappa shape index (κ3) is 4.99. The van der Waals surface area contributed by atoms with Gasteiger partial charge in [0.05, 0.1) is 0 Å². The third-order valence-corrected chi connectivity index (χ3v) is 3.40. The fraction of sp³-hybridized carbons (Fsp3) is 1.00. The van der Waals surface area contributed by atoms with E-state index < -0.39 is 0 Å². The van der Waals surface area contributed by atoms with Crippen molar-refractivity contribution in [2.45, 2.75) is 72.8 Å². The Morgan fingerprint density at radius 2 is 1.71 bits per heavy atom. The predicted octanol–water partition coefficient (Wildman–Crippen LogP) is 3.98. The standard InChI is InChI=1S/C13H29N/c1-6-9-10-11-12(14-8-3)13(4,5)7-2/h12,14H,6-11H2,1-5H3. The van der Waals surface area contributed by atoms with Crippen LogP contribution in [0.15, 0.2) is 0 Å². The molecule has 14 heavy (non-hydrogen) atoms. The van der Waals surface area contributed by atoms with E-state index in [4.69, 9.17) is 0 Å². The minimum atomic E-state index is 0.448. The van der Waals surface area contributed by atoms with Crippen molar-refractivity contribution in [1.29, 1.82) is 0 Å². The van der Waals surface area contributed by atoms with Crippen molar-refractivity contribution in [2.24, 2.45) is 5.41 Å². The van der Waals surface area contributed by atoms with E-state index in [-0.39, 0.29) is 0 Å². The minimum absolute atomic E-state index is 0.448. The molecular formula is C13H29N. The van der Waals surface area contributed by atoms with Crippen molar-refractivity contribution in [2.75, 3.05) is 6.54 Å². The fourth-order valence-electron chi connectivity index (χ4n) is 1.86. The summed E-state index contributed by atoms with van der Waals surface area (Å²) in [4.78, 5) is 0. The van der Waals surface area contributed by atoms with Crippen LogP contribution in [0.25, 0.3) is 0 Å². The van der Waals surface area contributed by atoms with E-state index in [2.05, 4.69) is 39.9 Å². The molecule has 0 aromatic carbocycles. The highest BCUT2D eigenvalue weighted by molar-refractivity contribution is 4.82. The molecule has 0 spiro atoms. The highest BCUT2D eigenvalue weighted by Gasteiger charge is 2.25. The smallest absolute Gasteiger partial charge is 0.0118 e. The number of hydrogen-bond acceptors (Lipinski definition) is 1. The van der Waals surface area contributed by atoms with E-state index in [1.54, 1.807) is 0 Å². The zero-order chi connectivity index (χ0) is 11.0. The summed E-state index contributed by atoms with van der Waals surface area (Å²) in [5.74, 6) is 0. The Labute approximate surface area is 90.7 Å². The Hall–Kier alpha value is -0.0400. The summed E-state index contributed by atoms with van der Waals surface area (Å²) in [6.07, 6.45) is 6.67. The molecule has 0 saturated heterocycles.